The molecular weight excluding hydrogens is 298 g/mol. The number of benzene rings is 1. The molecule has 1 aromatic carbocycles. The summed E-state index contributed by atoms with van der Waals surface area (Å²) >= 11 is 1.69. The van der Waals surface area contributed by atoms with Gasteiger partial charge in [-0.15, -0.1) is 0 Å². The van der Waals surface area contributed by atoms with Crippen molar-refractivity contribution in [3.05, 3.63) is 18.2 Å². The van der Waals surface area contributed by atoms with Crippen molar-refractivity contribution in [2.45, 2.75) is 12.8 Å². The summed E-state index contributed by atoms with van der Waals surface area (Å²) in [6.45, 7) is 3.34. The number of piperazine rings is 1. The van der Waals surface area contributed by atoms with Gasteiger partial charge in [0.1, 0.15) is 11.3 Å². The Bertz CT molecular complexity index is 702. The maximum absolute atomic E-state index is 12.1. The van der Waals surface area contributed by atoms with Gasteiger partial charge in [-0.1, -0.05) is 17.4 Å². The Morgan fingerprint density at radius 1 is 1.27 bits per heavy atom. The Hall–Kier alpha value is -1.82. The average molecular weight is 317 g/mol. The Morgan fingerprint density at radius 3 is 2.73 bits per heavy atom. The van der Waals surface area contributed by atoms with Crippen LogP contribution < -0.4 is 9.64 Å². The predicted molar refractivity (Wildman–Crippen MR) is 87.7 cm³/mol. The second kappa shape index (κ2) is 5.43. The highest BCUT2D eigenvalue weighted by molar-refractivity contribution is 7.22. The molecule has 1 saturated heterocycles. The number of carbonyl (C=O) groups is 1. The largest absolute Gasteiger partial charge is 0.494 e. The minimum Gasteiger partial charge on any atom is -0.494 e. The lowest BCUT2D eigenvalue weighted by atomic mass is 10.3. The summed E-state index contributed by atoms with van der Waals surface area (Å²) < 4.78 is 6.53. The van der Waals surface area contributed by atoms with Crippen molar-refractivity contribution in [2.75, 3.05) is 38.2 Å². The van der Waals surface area contributed by atoms with E-state index in [0.717, 1.165) is 60.1 Å². The Balaban J connectivity index is 1.50. The second-order valence-electron chi connectivity index (χ2n) is 5.89. The maximum atomic E-state index is 12.1. The van der Waals surface area contributed by atoms with E-state index in [9.17, 15) is 4.79 Å². The lowest BCUT2D eigenvalue weighted by Crippen LogP contribution is -2.49. The van der Waals surface area contributed by atoms with E-state index < -0.39 is 0 Å². The molecule has 5 nitrogen and oxygen atoms in total. The molecule has 1 amide bonds. The number of hydrogen-bond acceptors (Lipinski definition) is 5. The molecule has 0 unspecified atom stereocenters. The third-order valence-corrected chi connectivity index (χ3v) is 5.46. The smallest absolute Gasteiger partial charge is 0.225 e. The molecule has 0 bridgehead atoms. The first-order chi connectivity index (χ1) is 10.8. The molecule has 1 saturated carbocycles. The first kappa shape index (κ1) is 13.8. The van der Waals surface area contributed by atoms with E-state index in [2.05, 4.69) is 11.0 Å². The van der Waals surface area contributed by atoms with Gasteiger partial charge in [-0.05, 0) is 25.0 Å². The maximum Gasteiger partial charge on any atom is 0.225 e. The fraction of sp³-hybridized carbons (Fsp3) is 0.500. The number of rotatable bonds is 3. The number of amides is 1. The number of carbonyl (C=O) groups excluding carboxylic acids is 1. The zero-order valence-corrected chi connectivity index (χ0v) is 13.4. The summed E-state index contributed by atoms with van der Waals surface area (Å²) in [4.78, 5) is 21.1. The fourth-order valence-corrected chi connectivity index (χ4v) is 3.95. The molecular formula is C16H19N3O2S. The van der Waals surface area contributed by atoms with Gasteiger partial charge in [0.05, 0.1) is 11.8 Å². The lowest BCUT2D eigenvalue weighted by Gasteiger charge is -2.34. The van der Waals surface area contributed by atoms with Gasteiger partial charge >= 0.3 is 0 Å². The highest BCUT2D eigenvalue weighted by atomic mass is 32.1. The molecule has 2 fully saturated rings. The van der Waals surface area contributed by atoms with Crippen LogP contribution in [0.4, 0.5) is 5.13 Å². The van der Waals surface area contributed by atoms with Crippen LogP contribution in [0.25, 0.3) is 10.2 Å². The SMILES string of the molecule is COc1cccc2sc(N3CCN(C(=O)C4CC4)CC3)nc12. The van der Waals surface area contributed by atoms with Crippen molar-refractivity contribution < 1.29 is 9.53 Å². The quantitative estimate of drug-likeness (QED) is 0.872. The van der Waals surface area contributed by atoms with Gasteiger partial charge in [-0.25, -0.2) is 4.98 Å². The van der Waals surface area contributed by atoms with E-state index in [1.807, 2.05) is 17.0 Å². The number of para-hydroxylation sites is 1. The first-order valence-corrected chi connectivity index (χ1v) is 8.55. The van der Waals surface area contributed by atoms with Gasteiger partial charge in [-0.3, -0.25) is 4.79 Å². The molecule has 116 valence electrons. The zero-order chi connectivity index (χ0) is 15.1. The second-order valence-corrected chi connectivity index (χ2v) is 6.90. The summed E-state index contributed by atoms with van der Waals surface area (Å²) in [5, 5.41) is 1.03. The highest BCUT2D eigenvalue weighted by Crippen LogP contribution is 2.35. The summed E-state index contributed by atoms with van der Waals surface area (Å²) in [5.41, 5.74) is 0.932. The number of thiazole rings is 1. The summed E-state index contributed by atoms with van der Waals surface area (Å²) in [5.74, 6) is 1.49. The molecule has 2 heterocycles. The lowest BCUT2D eigenvalue weighted by molar-refractivity contribution is -0.132. The molecule has 0 radical (unpaired) electrons. The van der Waals surface area contributed by atoms with Gasteiger partial charge in [0.2, 0.25) is 5.91 Å². The molecule has 0 atom stereocenters. The van der Waals surface area contributed by atoms with E-state index in [0.29, 0.717) is 11.8 Å². The molecule has 2 aromatic rings. The van der Waals surface area contributed by atoms with Crippen LogP contribution in [-0.4, -0.2) is 49.1 Å². The van der Waals surface area contributed by atoms with Crippen molar-refractivity contribution in [3.63, 3.8) is 0 Å². The van der Waals surface area contributed by atoms with Crippen molar-refractivity contribution in [3.8, 4) is 5.75 Å². The van der Waals surface area contributed by atoms with Crippen LogP contribution in [0.15, 0.2) is 18.2 Å². The van der Waals surface area contributed by atoms with Crippen LogP contribution in [-0.2, 0) is 4.79 Å². The molecule has 1 aromatic heterocycles. The van der Waals surface area contributed by atoms with Crippen molar-refractivity contribution in [1.29, 1.82) is 0 Å². The van der Waals surface area contributed by atoms with Crippen LogP contribution in [0, 0.1) is 5.92 Å². The number of hydrogen-bond donors (Lipinski definition) is 0. The number of ether oxygens (including phenoxy) is 1. The highest BCUT2D eigenvalue weighted by Gasteiger charge is 2.34. The Morgan fingerprint density at radius 2 is 2.05 bits per heavy atom. The molecule has 0 N–H and O–H groups in total. The number of nitrogens with zero attached hydrogens (tertiary/aromatic N) is 3. The van der Waals surface area contributed by atoms with Crippen molar-refractivity contribution in [1.82, 2.24) is 9.88 Å². The van der Waals surface area contributed by atoms with E-state index in [-0.39, 0.29) is 0 Å². The fourth-order valence-electron chi connectivity index (χ4n) is 2.92. The van der Waals surface area contributed by atoms with Crippen LogP contribution in [0.5, 0.6) is 5.75 Å². The van der Waals surface area contributed by atoms with Gasteiger partial charge in [0, 0.05) is 32.1 Å². The van der Waals surface area contributed by atoms with E-state index in [1.165, 1.54) is 0 Å². The molecule has 6 heteroatoms. The van der Waals surface area contributed by atoms with E-state index in [1.54, 1.807) is 18.4 Å². The van der Waals surface area contributed by atoms with E-state index >= 15 is 0 Å². The molecule has 0 spiro atoms. The minimum atomic E-state index is 0.318. The third kappa shape index (κ3) is 2.41. The van der Waals surface area contributed by atoms with Crippen molar-refractivity contribution in [2.24, 2.45) is 5.92 Å². The molecule has 4 rings (SSSR count). The number of methoxy groups -OCH3 is 1. The Labute approximate surface area is 133 Å². The van der Waals surface area contributed by atoms with Crippen LogP contribution in [0.1, 0.15) is 12.8 Å². The molecule has 22 heavy (non-hydrogen) atoms. The van der Waals surface area contributed by atoms with Gasteiger partial charge < -0.3 is 14.5 Å². The molecule has 1 aliphatic heterocycles. The van der Waals surface area contributed by atoms with Crippen LogP contribution in [0.2, 0.25) is 0 Å². The summed E-state index contributed by atoms with van der Waals surface area (Å²) in [7, 11) is 1.68. The van der Waals surface area contributed by atoms with Crippen molar-refractivity contribution >= 4 is 32.6 Å². The predicted octanol–water partition coefficient (Wildman–Crippen LogP) is 2.36. The van der Waals surface area contributed by atoms with Gasteiger partial charge in [0.15, 0.2) is 5.13 Å². The van der Waals surface area contributed by atoms with Gasteiger partial charge in [-0.2, -0.15) is 0 Å². The molecule has 1 aliphatic carbocycles. The number of anilines is 1. The Kier molecular flexibility index (Phi) is 3.41. The third-order valence-electron chi connectivity index (χ3n) is 4.38. The summed E-state index contributed by atoms with van der Waals surface area (Å²) in [6.07, 6.45) is 2.16. The minimum absolute atomic E-state index is 0.318. The average Bonchev–Trinajstić information content (AvgIpc) is 3.32. The summed E-state index contributed by atoms with van der Waals surface area (Å²) in [6, 6.07) is 6.01. The topological polar surface area (TPSA) is 45.7 Å². The van der Waals surface area contributed by atoms with Crippen LogP contribution in [0.3, 0.4) is 0 Å². The number of fused-ring (bicyclic) bond motifs is 1. The molecule has 2 aliphatic rings. The number of aromatic nitrogens is 1. The first-order valence-electron chi connectivity index (χ1n) is 7.73. The normalized spacial score (nSPS) is 18.8. The van der Waals surface area contributed by atoms with Gasteiger partial charge in [0.25, 0.3) is 0 Å². The van der Waals surface area contributed by atoms with E-state index in [4.69, 9.17) is 9.72 Å². The van der Waals surface area contributed by atoms with Crippen LogP contribution >= 0.6 is 11.3 Å². The zero-order valence-electron chi connectivity index (χ0n) is 12.6. The monoisotopic (exact) mass is 317 g/mol. The standard InChI is InChI=1S/C16H19N3O2S/c1-21-12-3-2-4-13-14(12)17-16(22-13)19-9-7-18(8-10-19)15(20)11-5-6-11/h2-4,11H,5-10H2,1H3.